The molecule has 0 saturated heterocycles. The maximum Gasteiger partial charge on any atom is 0.212 e. The predicted octanol–water partition coefficient (Wildman–Crippen LogP) is 3.65. The van der Waals surface area contributed by atoms with E-state index < -0.39 is 0 Å². The molecule has 0 spiro atoms. The number of aromatic nitrogens is 2. The molecule has 24 heavy (non-hydrogen) atoms. The van der Waals surface area contributed by atoms with Crippen molar-refractivity contribution in [2.45, 2.75) is 46.6 Å². The predicted molar refractivity (Wildman–Crippen MR) is 93.0 cm³/mol. The van der Waals surface area contributed by atoms with E-state index in [4.69, 9.17) is 4.98 Å². The van der Waals surface area contributed by atoms with Gasteiger partial charge in [0.2, 0.25) is 5.78 Å². The number of ketones is 1. The van der Waals surface area contributed by atoms with Crippen molar-refractivity contribution in [2.24, 2.45) is 11.1 Å². The number of hydrogen-bond donors (Lipinski definition) is 1. The van der Waals surface area contributed by atoms with Crippen molar-refractivity contribution in [3.05, 3.63) is 52.6 Å². The summed E-state index contributed by atoms with van der Waals surface area (Å²) >= 11 is 0. The monoisotopic (exact) mass is 325 g/mol. The van der Waals surface area contributed by atoms with Crippen LogP contribution < -0.4 is 0 Å². The van der Waals surface area contributed by atoms with Gasteiger partial charge in [-0.25, -0.2) is 4.98 Å². The minimum absolute atomic E-state index is 0.0355. The van der Waals surface area contributed by atoms with Gasteiger partial charge in [-0.3, -0.25) is 4.79 Å². The van der Waals surface area contributed by atoms with Gasteiger partial charge in [0, 0.05) is 24.1 Å². The molecule has 0 amide bonds. The molecule has 0 aliphatic heterocycles. The van der Waals surface area contributed by atoms with Crippen LogP contribution in [-0.2, 0) is 13.0 Å². The third kappa shape index (κ3) is 2.64. The number of imidazole rings is 1. The minimum atomic E-state index is -0.0355. The molecule has 0 fully saturated rings. The van der Waals surface area contributed by atoms with E-state index in [9.17, 15) is 10.0 Å². The lowest BCUT2D eigenvalue weighted by atomic mass is 9.89. The van der Waals surface area contributed by atoms with Gasteiger partial charge in [0.05, 0.1) is 0 Å². The zero-order valence-corrected chi connectivity index (χ0v) is 14.4. The molecule has 1 aliphatic rings. The highest BCUT2D eigenvalue weighted by Gasteiger charge is 2.34. The number of carbonyl (C=O) groups is 1. The summed E-state index contributed by atoms with van der Waals surface area (Å²) in [6.45, 7) is 7.15. The molecule has 5 heteroatoms. The first-order valence-electron chi connectivity index (χ1n) is 8.54. The lowest BCUT2D eigenvalue weighted by Gasteiger charge is -2.18. The Bertz CT molecular complexity index is 803. The molecule has 0 unspecified atom stereocenters. The van der Waals surface area contributed by atoms with Crippen LogP contribution in [0.25, 0.3) is 0 Å². The number of fused-ring (bicyclic) bond motifs is 2. The van der Waals surface area contributed by atoms with Crippen molar-refractivity contribution in [3.63, 3.8) is 0 Å². The van der Waals surface area contributed by atoms with E-state index in [2.05, 4.69) is 25.9 Å². The summed E-state index contributed by atoms with van der Waals surface area (Å²) in [7, 11) is 0. The van der Waals surface area contributed by atoms with Crippen LogP contribution in [0.15, 0.2) is 29.4 Å². The number of carbonyl (C=O) groups excluding carboxylic acids is 1. The fourth-order valence-corrected chi connectivity index (χ4v) is 3.22. The second-order valence-corrected chi connectivity index (χ2v) is 6.65. The largest absolute Gasteiger partial charge is 0.410 e. The fraction of sp³-hybridized carbons (Fsp3) is 0.421. The van der Waals surface area contributed by atoms with Crippen LogP contribution in [0, 0.1) is 5.92 Å². The summed E-state index contributed by atoms with van der Waals surface area (Å²) in [5.41, 5.74) is 2.68. The van der Waals surface area contributed by atoms with Crippen LogP contribution in [0.5, 0.6) is 0 Å². The lowest BCUT2D eigenvalue weighted by Crippen LogP contribution is -2.24. The van der Waals surface area contributed by atoms with Crippen molar-refractivity contribution in [1.82, 2.24) is 9.55 Å². The lowest BCUT2D eigenvalue weighted by molar-refractivity contribution is 0.102. The first kappa shape index (κ1) is 16.4. The van der Waals surface area contributed by atoms with Crippen LogP contribution in [0.2, 0.25) is 0 Å². The number of benzene rings is 1. The molecule has 1 heterocycles. The van der Waals surface area contributed by atoms with Gasteiger partial charge < -0.3 is 9.77 Å². The standard InChI is InChI=1S/C19H23N3O2/c1-4-5-10-22-15(11-12(2)3)20-17-16(21-24)13-8-6-7-9-14(13)19(23)18(17)22/h6-9,12,24H,4-5,10-11H2,1-3H3/b21-16+. The van der Waals surface area contributed by atoms with Crippen molar-refractivity contribution in [2.75, 3.05) is 0 Å². The molecule has 1 N–H and O–H groups in total. The van der Waals surface area contributed by atoms with Gasteiger partial charge in [-0.1, -0.05) is 56.6 Å². The molecule has 126 valence electrons. The summed E-state index contributed by atoms with van der Waals surface area (Å²) in [4.78, 5) is 17.8. The first-order chi connectivity index (χ1) is 11.6. The summed E-state index contributed by atoms with van der Waals surface area (Å²) in [5, 5.41) is 13.0. The summed E-state index contributed by atoms with van der Waals surface area (Å²) in [6, 6.07) is 7.26. The number of oxime groups is 1. The van der Waals surface area contributed by atoms with Crippen LogP contribution in [-0.4, -0.2) is 26.3 Å². The SMILES string of the molecule is CCCCn1c(CC(C)C)nc2c1C(=O)c1ccccc1/C2=N\O. The Hall–Kier alpha value is -2.43. The van der Waals surface area contributed by atoms with E-state index in [-0.39, 0.29) is 5.78 Å². The summed E-state index contributed by atoms with van der Waals surface area (Å²) in [5.74, 6) is 1.29. The zero-order chi connectivity index (χ0) is 17.3. The van der Waals surface area contributed by atoms with Crippen LogP contribution in [0.1, 0.15) is 66.7 Å². The third-order valence-electron chi connectivity index (χ3n) is 4.34. The van der Waals surface area contributed by atoms with Gasteiger partial charge in [-0.05, 0) is 12.3 Å². The molecule has 1 aliphatic carbocycles. The molecule has 3 rings (SSSR count). The maximum absolute atomic E-state index is 13.1. The molecule has 0 radical (unpaired) electrons. The van der Waals surface area contributed by atoms with Gasteiger partial charge in [0.1, 0.15) is 22.9 Å². The van der Waals surface area contributed by atoms with Gasteiger partial charge >= 0.3 is 0 Å². The van der Waals surface area contributed by atoms with Gasteiger partial charge in [-0.15, -0.1) is 0 Å². The molecule has 2 aromatic rings. The summed E-state index contributed by atoms with van der Waals surface area (Å²) < 4.78 is 2.03. The van der Waals surface area contributed by atoms with E-state index in [1.165, 1.54) is 0 Å². The third-order valence-corrected chi connectivity index (χ3v) is 4.34. The fourth-order valence-electron chi connectivity index (χ4n) is 3.22. The van der Waals surface area contributed by atoms with Crippen molar-refractivity contribution in [1.29, 1.82) is 0 Å². The van der Waals surface area contributed by atoms with Crippen LogP contribution in [0.3, 0.4) is 0 Å². The quantitative estimate of drug-likeness (QED) is 0.575. The van der Waals surface area contributed by atoms with Gasteiger partial charge in [0.25, 0.3) is 0 Å². The second-order valence-electron chi connectivity index (χ2n) is 6.65. The smallest absolute Gasteiger partial charge is 0.212 e. The first-order valence-corrected chi connectivity index (χ1v) is 8.54. The highest BCUT2D eigenvalue weighted by Crippen LogP contribution is 2.29. The molecule has 5 nitrogen and oxygen atoms in total. The number of nitrogens with zero attached hydrogens (tertiary/aromatic N) is 3. The highest BCUT2D eigenvalue weighted by molar-refractivity contribution is 6.28. The topological polar surface area (TPSA) is 67.5 Å². The van der Waals surface area contributed by atoms with Crippen LogP contribution >= 0.6 is 0 Å². The van der Waals surface area contributed by atoms with Gasteiger partial charge in [0.15, 0.2) is 0 Å². The van der Waals surface area contributed by atoms with Crippen LogP contribution in [0.4, 0.5) is 0 Å². The number of rotatable bonds is 5. The number of hydrogen-bond acceptors (Lipinski definition) is 4. The van der Waals surface area contributed by atoms with Gasteiger partial charge in [-0.2, -0.15) is 0 Å². The normalized spacial score (nSPS) is 15.0. The van der Waals surface area contributed by atoms with Crippen molar-refractivity contribution >= 4 is 11.5 Å². The Morgan fingerprint density at radius 1 is 1.25 bits per heavy atom. The molecule has 1 aromatic heterocycles. The Balaban J connectivity index is 2.21. The molecular formula is C19H23N3O2. The molecule has 0 atom stereocenters. The maximum atomic E-state index is 13.1. The average molecular weight is 325 g/mol. The Labute approximate surface area is 142 Å². The second kappa shape index (κ2) is 6.59. The van der Waals surface area contributed by atoms with E-state index in [1.807, 2.05) is 16.7 Å². The Morgan fingerprint density at radius 3 is 2.58 bits per heavy atom. The van der Waals surface area contributed by atoms with E-state index in [0.717, 1.165) is 31.6 Å². The van der Waals surface area contributed by atoms with Crippen molar-refractivity contribution in [3.8, 4) is 0 Å². The van der Waals surface area contributed by atoms with E-state index >= 15 is 0 Å². The van der Waals surface area contributed by atoms with E-state index in [1.54, 1.807) is 12.1 Å². The van der Waals surface area contributed by atoms with Crippen molar-refractivity contribution < 1.29 is 10.0 Å². The molecule has 1 aromatic carbocycles. The highest BCUT2D eigenvalue weighted by atomic mass is 16.4. The Kier molecular flexibility index (Phi) is 4.51. The Morgan fingerprint density at radius 2 is 1.96 bits per heavy atom. The molecule has 0 saturated carbocycles. The van der Waals surface area contributed by atoms with E-state index in [0.29, 0.717) is 34.1 Å². The zero-order valence-electron chi connectivity index (χ0n) is 14.4. The minimum Gasteiger partial charge on any atom is -0.410 e. The molecule has 0 bridgehead atoms. The summed E-state index contributed by atoms with van der Waals surface area (Å²) in [6.07, 6.45) is 2.81. The molecular weight excluding hydrogens is 302 g/mol. The number of unbranched alkanes of at least 4 members (excludes halogenated alkanes) is 1. The average Bonchev–Trinajstić information content (AvgIpc) is 2.91.